The van der Waals surface area contributed by atoms with Gasteiger partial charge in [-0.2, -0.15) is 11.8 Å². The number of ether oxygens (including phenoxy) is 1. The van der Waals surface area contributed by atoms with Crippen molar-refractivity contribution < 1.29 is 45.9 Å². The molecule has 0 bridgehead atoms. The Bertz CT molecular complexity index is 2810. The summed E-state index contributed by atoms with van der Waals surface area (Å²) in [4.78, 5) is 66.4. The number of thioether (sulfide) groups is 1. The average molecular weight is 1040 g/mol. The van der Waals surface area contributed by atoms with Gasteiger partial charge in [0, 0.05) is 70.9 Å². The summed E-state index contributed by atoms with van der Waals surface area (Å²) < 4.78 is 64.6. The third kappa shape index (κ3) is 14.1. The van der Waals surface area contributed by atoms with Crippen molar-refractivity contribution in [1.82, 2.24) is 26.2 Å². The molecule has 0 spiro atoms. The number of hydrogen-bond acceptors (Lipinski definition) is 9. The lowest BCUT2D eigenvalue weighted by molar-refractivity contribution is -0.132. The van der Waals surface area contributed by atoms with Crippen LogP contribution in [0.15, 0.2) is 126 Å². The lowest BCUT2D eigenvalue weighted by Crippen LogP contribution is -2.47. The molecule has 4 N–H and O–H groups in total. The van der Waals surface area contributed by atoms with Gasteiger partial charge in [0.05, 0.1) is 35.8 Å². The molecule has 0 aliphatic carbocycles. The molecule has 2 saturated heterocycles. The molecule has 2 aliphatic heterocycles. The Morgan fingerprint density at radius 1 is 0.833 bits per heavy atom. The van der Waals surface area contributed by atoms with Crippen LogP contribution in [0.3, 0.4) is 0 Å². The fraction of sp³-hybridized carbons (Fsp3) is 0.340. The molecule has 0 radical (unpaired) electrons. The Hall–Kier alpha value is -6.50. The van der Waals surface area contributed by atoms with E-state index in [0.717, 1.165) is 47.5 Å². The average Bonchev–Trinajstić information content (AvgIpc) is 3.95. The maximum absolute atomic E-state index is 15.3. The topological polar surface area (TPSA) is 183 Å². The van der Waals surface area contributed by atoms with Gasteiger partial charge in [0.25, 0.3) is 15.9 Å². The van der Waals surface area contributed by atoms with Crippen molar-refractivity contribution in [2.45, 2.75) is 86.2 Å². The van der Waals surface area contributed by atoms with E-state index in [-0.39, 0.29) is 76.5 Å². The summed E-state index contributed by atoms with van der Waals surface area (Å²) in [5.74, 6) is -1.74. The normalized spacial score (nSPS) is 16.4. The second-order valence-corrected chi connectivity index (χ2v) is 21.2. The molecule has 14 nitrogen and oxygen atoms in total. The van der Waals surface area contributed by atoms with Gasteiger partial charge in [0.15, 0.2) is 5.78 Å². The van der Waals surface area contributed by atoms with Gasteiger partial charge in [-0.05, 0) is 93.1 Å². The number of fused-ring (bicyclic) bond motifs is 1. The first kappa shape index (κ1) is 53.3. The molecule has 4 atom stereocenters. The lowest BCUT2D eigenvalue weighted by Gasteiger charge is -2.26. The first-order chi connectivity index (χ1) is 34.7. The van der Waals surface area contributed by atoms with E-state index in [1.54, 1.807) is 67.7 Å². The number of unbranched alkanes of at least 4 members (excludes halogenated alkanes) is 2. The van der Waals surface area contributed by atoms with E-state index in [1.165, 1.54) is 41.3 Å². The van der Waals surface area contributed by atoms with E-state index in [2.05, 4.69) is 21.3 Å². The Labute approximate surface area is 427 Å². The third-order valence-electron chi connectivity index (χ3n) is 12.5. The number of carbonyl (C=O) groups excluding carboxylic acids is 5. The summed E-state index contributed by atoms with van der Waals surface area (Å²) in [6.45, 7) is 0.255. The molecule has 19 heteroatoms. The summed E-state index contributed by atoms with van der Waals surface area (Å²) in [5.41, 5.74) is 1.03. The summed E-state index contributed by atoms with van der Waals surface area (Å²) in [6.07, 6.45) is 4.52. The lowest BCUT2D eigenvalue weighted by atomic mass is 10.0. The van der Waals surface area contributed by atoms with Gasteiger partial charge in [0.1, 0.15) is 23.4 Å². The highest BCUT2D eigenvalue weighted by atomic mass is 35.5. The molecule has 380 valence electrons. The number of likely N-dealkylation sites (N-methyl/N-ethyl adjacent to an activating group) is 1. The van der Waals surface area contributed by atoms with Gasteiger partial charge in [-0.25, -0.2) is 22.0 Å². The van der Waals surface area contributed by atoms with Crippen LogP contribution in [0.2, 0.25) is 5.02 Å². The number of anilines is 1. The van der Waals surface area contributed by atoms with Crippen molar-refractivity contribution >= 4 is 68.6 Å². The summed E-state index contributed by atoms with van der Waals surface area (Å²) >= 11 is 7.86. The van der Waals surface area contributed by atoms with E-state index in [4.69, 9.17) is 16.3 Å². The van der Waals surface area contributed by atoms with Crippen LogP contribution in [0.1, 0.15) is 83.2 Å². The van der Waals surface area contributed by atoms with Crippen molar-refractivity contribution in [3.63, 3.8) is 0 Å². The van der Waals surface area contributed by atoms with Gasteiger partial charge < -0.3 is 30.9 Å². The zero-order chi connectivity index (χ0) is 51.2. The fourth-order valence-electron chi connectivity index (χ4n) is 8.59. The van der Waals surface area contributed by atoms with Crippen LogP contribution >= 0.6 is 23.4 Å². The third-order valence-corrected chi connectivity index (χ3v) is 16.0. The summed E-state index contributed by atoms with van der Waals surface area (Å²) in [7, 11) is -2.84. The van der Waals surface area contributed by atoms with E-state index in [9.17, 15) is 36.8 Å². The molecule has 72 heavy (non-hydrogen) atoms. The Balaban J connectivity index is 0.940. The van der Waals surface area contributed by atoms with Crippen molar-refractivity contribution in [3.8, 4) is 5.75 Å². The molecule has 7 rings (SSSR count). The number of ketones is 1. The zero-order valence-corrected chi connectivity index (χ0v) is 42.0. The van der Waals surface area contributed by atoms with Crippen LogP contribution in [-0.2, 0) is 26.2 Å². The number of urea groups is 1. The van der Waals surface area contributed by atoms with Gasteiger partial charge >= 0.3 is 6.03 Å². The smallest absolute Gasteiger partial charge is 0.315 e. The Morgan fingerprint density at radius 3 is 2.31 bits per heavy atom. The Kier molecular flexibility index (Phi) is 18.7. The minimum atomic E-state index is -4.45. The first-order valence-electron chi connectivity index (χ1n) is 23.8. The molecule has 5 amide bonds. The van der Waals surface area contributed by atoms with Crippen molar-refractivity contribution in [2.24, 2.45) is 0 Å². The number of nitrogens with one attached hydrogen (secondary N) is 4. The molecule has 5 aromatic rings. The molecule has 0 saturated carbocycles. The monoisotopic (exact) mass is 1040 g/mol. The van der Waals surface area contributed by atoms with Gasteiger partial charge in [-0.3, -0.25) is 23.5 Å². The standard InChI is InChI=1S/C53H57ClF2N6O8S2/c1-61(30-11-31-70-46-16-6-5-14-38(46)33-62(45-32-40(55)25-28-42(45)56)72(68,69)41-26-23-39(54)24-27-41)52(66)43(58-51(65)37-21-19-36(20-22-37)50(64)35-12-3-2-4-13-35)15-9-10-29-57-48(63)18-8-7-17-47-49-44(34-71-47)59-53(67)60-49/h2-6,12-14,16,19-28,32,43-44,47,49H,7-11,15,17-18,29-31,33-34H2,1H3,(H,57,63)(H,58,65)(H2,59,60,67)/t43-,44?,47?,49?/m0/s1. The summed E-state index contributed by atoms with van der Waals surface area (Å²) in [6, 6.07) is 28.7. The van der Waals surface area contributed by atoms with E-state index in [1.807, 2.05) is 17.8 Å². The number of sulfonamides is 1. The minimum absolute atomic E-state index is 0.0664. The van der Waals surface area contributed by atoms with Crippen molar-refractivity contribution in [1.29, 1.82) is 0 Å². The summed E-state index contributed by atoms with van der Waals surface area (Å²) in [5, 5.41) is 12.4. The van der Waals surface area contributed by atoms with Crippen LogP contribution in [-0.4, -0.2) is 98.7 Å². The number of benzene rings is 5. The predicted octanol–water partition coefficient (Wildman–Crippen LogP) is 8.28. The maximum Gasteiger partial charge on any atom is 0.315 e. The predicted molar refractivity (Wildman–Crippen MR) is 274 cm³/mol. The number of nitrogens with zero attached hydrogens (tertiary/aromatic N) is 2. The number of halogens is 3. The van der Waals surface area contributed by atoms with E-state index >= 15 is 4.39 Å². The van der Waals surface area contributed by atoms with Gasteiger partial charge in [-0.1, -0.05) is 78.7 Å². The molecule has 5 aromatic carbocycles. The van der Waals surface area contributed by atoms with Gasteiger partial charge in [0.2, 0.25) is 11.8 Å². The number of carbonyl (C=O) groups is 5. The quantitative estimate of drug-likeness (QED) is 0.0254. The molecule has 2 heterocycles. The van der Waals surface area contributed by atoms with Gasteiger partial charge in [-0.15, -0.1) is 0 Å². The number of hydrogen-bond donors (Lipinski definition) is 4. The first-order valence-corrected chi connectivity index (χ1v) is 26.7. The zero-order valence-electron chi connectivity index (χ0n) is 39.7. The van der Waals surface area contributed by atoms with Crippen LogP contribution < -0.4 is 30.3 Å². The largest absolute Gasteiger partial charge is 0.493 e. The van der Waals surface area contributed by atoms with Crippen molar-refractivity contribution in [2.75, 3.05) is 36.8 Å². The molecule has 0 aromatic heterocycles. The van der Waals surface area contributed by atoms with E-state index < -0.39 is 45.8 Å². The SMILES string of the molecule is CN(CCCOc1ccccc1CN(c1cc(F)ccc1F)S(=O)(=O)c1ccc(Cl)cc1)C(=O)[C@H](CCCCNC(=O)CCCCC1SCC2NC(=O)NC21)NC(=O)c1ccc(C(=O)c2ccccc2)cc1. The second kappa shape index (κ2) is 25.2. The maximum atomic E-state index is 15.3. The molecular formula is C53H57ClF2N6O8S2. The molecule has 2 aliphatic rings. The fourth-order valence-corrected chi connectivity index (χ4v) is 11.7. The van der Waals surface area contributed by atoms with Crippen LogP contribution in [0.25, 0.3) is 0 Å². The Morgan fingerprint density at radius 2 is 1.54 bits per heavy atom. The second-order valence-electron chi connectivity index (χ2n) is 17.6. The van der Waals surface area contributed by atoms with Crippen LogP contribution in [0.5, 0.6) is 5.75 Å². The molecule has 2 fully saturated rings. The minimum Gasteiger partial charge on any atom is -0.493 e. The number of para-hydroxylation sites is 1. The molecular weight excluding hydrogens is 986 g/mol. The molecule has 3 unspecified atom stereocenters. The number of rotatable bonds is 25. The van der Waals surface area contributed by atoms with Crippen molar-refractivity contribution in [3.05, 3.63) is 160 Å². The highest BCUT2D eigenvalue weighted by Crippen LogP contribution is 2.34. The highest BCUT2D eigenvalue weighted by molar-refractivity contribution is 8.00. The van der Waals surface area contributed by atoms with E-state index in [0.29, 0.717) is 54.2 Å². The van der Waals surface area contributed by atoms with Crippen LogP contribution in [0, 0.1) is 11.6 Å². The van der Waals surface area contributed by atoms with Crippen LogP contribution in [0.4, 0.5) is 19.3 Å². The highest BCUT2D eigenvalue weighted by Gasteiger charge is 2.42. The number of amides is 5.